The molecule has 2 aromatic heterocycles. The van der Waals surface area contributed by atoms with Crippen molar-refractivity contribution in [2.24, 2.45) is 0 Å². The molecule has 2 heterocycles. The summed E-state index contributed by atoms with van der Waals surface area (Å²) in [6, 6.07) is 20.9. The van der Waals surface area contributed by atoms with Gasteiger partial charge in [0.1, 0.15) is 12.4 Å². The van der Waals surface area contributed by atoms with Crippen molar-refractivity contribution in [3.63, 3.8) is 0 Å². The van der Waals surface area contributed by atoms with Crippen molar-refractivity contribution in [1.29, 1.82) is 0 Å². The Hall–Kier alpha value is -3.73. The van der Waals surface area contributed by atoms with Crippen molar-refractivity contribution in [3.05, 3.63) is 95.4 Å². The third-order valence-corrected chi connectivity index (χ3v) is 4.61. The number of amides is 1. The summed E-state index contributed by atoms with van der Waals surface area (Å²) in [7, 11) is 0. The Balaban J connectivity index is 1.50. The molecule has 0 aliphatic rings. The van der Waals surface area contributed by atoms with E-state index in [2.05, 4.69) is 15.3 Å². The highest BCUT2D eigenvalue weighted by Crippen LogP contribution is 2.22. The smallest absolute Gasteiger partial charge is 0.257 e. The molecular weight excluding hydrogens is 362 g/mol. The van der Waals surface area contributed by atoms with Crippen LogP contribution < -0.4 is 10.1 Å². The molecule has 0 aliphatic carbocycles. The summed E-state index contributed by atoms with van der Waals surface area (Å²) in [5.41, 5.74) is 4.80. The Bertz CT molecular complexity index is 1170. The molecule has 5 heteroatoms. The van der Waals surface area contributed by atoms with Crippen LogP contribution in [-0.2, 0) is 6.61 Å². The number of fused-ring (bicyclic) bond motifs is 1. The molecule has 2 aromatic carbocycles. The summed E-state index contributed by atoms with van der Waals surface area (Å²) in [4.78, 5) is 21.7. The van der Waals surface area contributed by atoms with E-state index in [1.165, 1.54) is 0 Å². The Labute approximate surface area is 169 Å². The van der Waals surface area contributed by atoms with Crippen molar-refractivity contribution >= 4 is 22.5 Å². The van der Waals surface area contributed by atoms with Gasteiger partial charge in [-0.15, -0.1) is 0 Å². The van der Waals surface area contributed by atoms with Gasteiger partial charge in [-0.25, -0.2) is 0 Å². The maximum atomic E-state index is 12.8. The number of hydrogen-bond acceptors (Lipinski definition) is 4. The highest BCUT2D eigenvalue weighted by molar-refractivity contribution is 6.06. The predicted octanol–water partition coefficient (Wildman–Crippen LogP) is 5.08. The number of anilines is 1. The summed E-state index contributed by atoms with van der Waals surface area (Å²) in [6.45, 7) is 4.24. The predicted molar refractivity (Wildman–Crippen MR) is 114 cm³/mol. The van der Waals surface area contributed by atoms with Crippen LogP contribution in [0.1, 0.15) is 27.3 Å². The molecule has 0 radical (unpaired) electrons. The Morgan fingerprint density at radius 1 is 1.00 bits per heavy atom. The molecule has 5 nitrogen and oxygen atoms in total. The van der Waals surface area contributed by atoms with Gasteiger partial charge in [-0.3, -0.25) is 14.8 Å². The van der Waals surface area contributed by atoms with E-state index in [-0.39, 0.29) is 5.91 Å². The molecule has 144 valence electrons. The number of pyridine rings is 2. The molecule has 4 rings (SSSR count). The minimum atomic E-state index is -0.195. The topological polar surface area (TPSA) is 64.1 Å². The van der Waals surface area contributed by atoms with Gasteiger partial charge in [0.05, 0.1) is 22.5 Å². The Morgan fingerprint density at radius 2 is 1.90 bits per heavy atom. The first kappa shape index (κ1) is 18.6. The van der Waals surface area contributed by atoms with E-state index in [0.29, 0.717) is 29.3 Å². The average Bonchev–Trinajstić information content (AvgIpc) is 2.72. The summed E-state index contributed by atoms with van der Waals surface area (Å²) in [6.07, 6.45) is 1.73. The van der Waals surface area contributed by atoms with E-state index in [1.54, 1.807) is 12.3 Å². The van der Waals surface area contributed by atoms with E-state index in [9.17, 15) is 4.79 Å². The Kier molecular flexibility index (Phi) is 5.20. The number of carbonyl (C=O) groups excluding carboxylic acids is 1. The van der Waals surface area contributed by atoms with Gasteiger partial charge in [0.25, 0.3) is 5.91 Å². The number of rotatable bonds is 5. The van der Waals surface area contributed by atoms with Crippen LogP contribution in [-0.4, -0.2) is 15.9 Å². The lowest BCUT2D eigenvalue weighted by atomic mass is 10.1. The van der Waals surface area contributed by atoms with Gasteiger partial charge in [0, 0.05) is 23.3 Å². The van der Waals surface area contributed by atoms with Crippen LogP contribution >= 0.6 is 0 Å². The fourth-order valence-corrected chi connectivity index (χ4v) is 3.11. The van der Waals surface area contributed by atoms with Crippen LogP contribution in [0.5, 0.6) is 5.75 Å². The minimum absolute atomic E-state index is 0.195. The third-order valence-electron chi connectivity index (χ3n) is 4.61. The number of aryl methyl sites for hydroxylation is 2. The molecular formula is C24H21N3O2. The van der Waals surface area contributed by atoms with E-state index in [1.807, 2.05) is 74.5 Å². The van der Waals surface area contributed by atoms with Crippen LogP contribution in [0.25, 0.3) is 10.9 Å². The third kappa shape index (κ3) is 4.41. The lowest BCUT2D eigenvalue weighted by molar-refractivity contribution is 0.102. The van der Waals surface area contributed by atoms with Crippen molar-refractivity contribution in [2.75, 3.05) is 5.32 Å². The summed E-state index contributed by atoms with van der Waals surface area (Å²) >= 11 is 0. The zero-order valence-electron chi connectivity index (χ0n) is 16.3. The first-order chi connectivity index (χ1) is 14.1. The molecule has 0 bridgehead atoms. The van der Waals surface area contributed by atoms with Gasteiger partial charge in [0.2, 0.25) is 0 Å². The zero-order valence-corrected chi connectivity index (χ0v) is 16.3. The van der Waals surface area contributed by atoms with Gasteiger partial charge < -0.3 is 10.1 Å². The monoisotopic (exact) mass is 383 g/mol. The van der Waals surface area contributed by atoms with Crippen LogP contribution in [0.3, 0.4) is 0 Å². The standard InChI is InChI=1S/C24H21N3O2/c1-16-9-10-18-13-22(17(2)26-23(18)12-16)24(28)27-19-7-5-8-21(14-19)29-15-20-6-3-4-11-25-20/h3-14H,15H2,1-2H3,(H,27,28). The maximum absolute atomic E-state index is 12.8. The summed E-state index contributed by atoms with van der Waals surface area (Å²) in [5.74, 6) is 0.469. The quantitative estimate of drug-likeness (QED) is 0.522. The lowest BCUT2D eigenvalue weighted by Gasteiger charge is -2.11. The number of nitrogens with one attached hydrogen (secondary N) is 1. The SMILES string of the molecule is Cc1ccc2cc(C(=O)Nc3cccc(OCc4ccccn4)c3)c(C)nc2c1. The summed E-state index contributed by atoms with van der Waals surface area (Å²) in [5, 5.41) is 3.88. The molecule has 0 atom stereocenters. The van der Waals surface area contributed by atoms with Gasteiger partial charge >= 0.3 is 0 Å². The number of carbonyl (C=O) groups is 1. The first-order valence-corrected chi connectivity index (χ1v) is 9.40. The molecule has 0 saturated heterocycles. The second kappa shape index (κ2) is 8.10. The second-order valence-corrected chi connectivity index (χ2v) is 6.91. The van der Waals surface area contributed by atoms with Gasteiger partial charge in [-0.2, -0.15) is 0 Å². The fraction of sp³-hybridized carbons (Fsp3) is 0.125. The van der Waals surface area contributed by atoms with E-state index >= 15 is 0 Å². The van der Waals surface area contributed by atoms with Crippen LogP contribution in [0, 0.1) is 13.8 Å². The fourth-order valence-electron chi connectivity index (χ4n) is 3.11. The molecule has 0 saturated carbocycles. The second-order valence-electron chi connectivity index (χ2n) is 6.91. The molecule has 1 amide bonds. The van der Waals surface area contributed by atoms with Crippen LogP contribution in [0.15, 0.2) is 72.9 Å². The highest BCUT2D eigenvalue weighted by atomic mass is 16.5. The molecule has 29 heavy (non-hydrogen) atoms. The zero-order chi connectivity index (χ0) is 20.2. The van der Waals surface area contributed by atoms with Crippen molar-refractivity contribution < 1.29 is 9.53 Å². The van der Waals surface area contributed by atoms with Crippen LogP contribution in [0.2, 0.25) is 0 Å². The number of aromatic nitrogens is 2. The largest absolute Gasteiger partial charge is 0.487 e. The first-order valence-electron chi connectivity index (χ1n) is 9.40. The van der Waals surface area contributed by atoms with E-state index in [4.69, 9.17) is 4.74 Å². The number of hydrogen-bond donors (Lipinski definition) is 1. The molecule has 4 aromatic rings. The summed E-state index contributed by atoms with van der Waals surface area (Å²) < 4.78 is 5.79. The van der Waals surface area contributed by atoms with Crippen molar-refractivity contribution in [1.82, 2.24) is 9.97 Å². The van der Waals surface area contributed by atoms with Crippen LogP contribution in [0.4, 0.5) is 5.69 Å². The lowest BCUT2D eigenvalue weighted by Crippen LogP contribution is -2.14. The minimum Gasteiger partial charge on any atom is -0.487 e. The van der Waals surface area contributed by atoms with Gasteiger partial charge in [0.15, 0.2) is 0 Å². The molecule has 0 unspecified atom stereocenters. The molecule has 0 aliphatic heterocycles. The molecule has 0 spiro atoms. The number of ether oxygens (including phenoxy) is 1. The van der Waals surface area contributed by atoms with Gasteiger partial charge in [-0.05, 0) is 55.8 Å². The van der Waals surface area contributed by atoms with Crippen molar-refractivity contribution in [3.8, 4) is 5.75 Å². The van der Waals surface area contributed by atoms with E-state index in [0.717, 1.165) is 22.2 Å². The maximum Gasteiger partial charge on any atom is 0.257 e. The normalized spacial score (nSPS) is 10.7. The van der Waals surface area contributed by atoms with E-state index < -0.39 is 0 Å². The average molecular weight is 383 g/mol. The molecule has 1 N–H and O–H groups in total. The molecule has 0 fully saturated rings. The Morgan fingerprint density at radius 3 is 2.72 bits per heavy atom. The van der Waals surface area contributed by atoms with Gasteiger partial charge in [-0.1, -0.05) is 24.3 Å². The highest BCUT2D eigenvalue weighted by Gasteiger charge is 2.12. The van der Waals surface area contributed by atoms with Crippen molar-refractivity contribution in [2.45, 2.75) is 20.5 Å². The number of benzene rings is 2. The number of nitrogens with zero attached hydrogens (tertiary/aromatic N) is 2.